The van der Waals surface area contributed by atoms with Crippen LogP contribution in [0.1, 0.15) is 88.2 Å². The fourth-order valence-corrected chi connectivity index (χ4v) is 4.96. The second-order valence-electron chi connectivity index (χ2n) is 6.66. The second kappa shape index (κ2) is 9.73. The molecule has 0 radical (unpaired) electrons. The van der Waals surface area contributed by atoms with Gasteiger partial charge in [0.25, 0.3) is 0 Å². The third kappa shape index (κ3) is 3.19. The quantitative estimate of drug-likeness (QED) is 0.477. The lowest BCUT2D eigenvalue weighted by molar-refractivity contribution is 0.366. The van der Waals surface area contributed by atoms with Crippen molar-refractivity contribution < 1.29 is 0 Å². The first-order valence-corrected chi connectivity index (χ1v) is 11.0. The van der Waals surface area contributed by atoms with Crippen LogP contribution in [0.4, 0.5) is 0 Å². The van der Waals surface area contributed by atoms with E-state index in [9.17, 15) is 0 Å². The first-order valence-electron chi connectivity index (χ1n) is 11.0. The van der Waals surface area contributed by atoms with Crippen LogP contribution in [-0.4, -0.2) is 9.97 Å². The van der Waals surface area contributed by atoms with Crippen molar-refractivity contribution in [2.75, 3.05) is 0 Å². The zero-order valence-corrected chi connectivity index (χ0v) is 18.6. The Kier molecular flexibility index (Phi) is 7.62. The lowest BCUT2D eigenvalue weighted by atomic mass is 9.69. The highest BCUT2D eigenvalue weighted by atomic mass is 14.9. The average Bonchev–Trinajstić information content (AvgIpc) is 3.48. The van der Waals surface area contributed by atoms with E-state index < -0.39 is 0 Å². The molecule has 2 aliphatic carbocycles. The summed E-state index contributed by atoms with van der Waals surface area (Å²) in [5.74, 6) is 0.928. The largest absolute Gasteiger partial charge is 0.348 e. The maximum Gasteiger partial charge on any atom is 0.0921 e. The van der Waals surface area contributed by atoms with Crippen LogP contribution < -0.4 is 0 Å². The number of imidazole rings is 1. The monoisotopic (exact) mass is 376 g/mol. The summed E-state index contributed by atoms with van der Waals surface area (Å²) in [6, 6.07) is 17.9. The van der Waals surface area contributed by atoms with E-state index in [-0.39, 0.29) is 5.41 Å². The molecule has 1 N–H and O–H groups in total. The van der Waals surface area contributed by atoms with Gasteiger partial charge in [0.1, 0.15) is 0 Å². The maximum absolute atomic E-state index is 4.33. The summed E-state index contributed by atoms with van der Waals surface area (Å²) in [7, 11) is 0. The van der Waals surface area contributed by atoms with Gasteiger partial charge in [0.2, 0.25) is 0 Å². The van der Waals surface area contributed by atoms with E-state index in [0.717, 1.165) is 6.42 Å². The van der Waals surface area contributed by atoms with Crippen LogP contribution in [-0.2, 0) is 11.8 Å². The predicted molar refractivity (Wildman–Crippen MR) is 121 cm³/mol. The Morgan fingerprint density at radius 1 is 0.821 bits per heavy atom. The van der Waals surface area contributed by atoms with E-state index in [4.69, 9.17) is 0 Å². The van der Waals surface area contributed by atoms with Gasteiger partial charge in [-0.1, -0.05) is 97.0 Å². The molecule has 150 valence electrons. The molecule has 0 saturated heterocycles. The molecule has 2 heteroatoms. The van der Waals surface area contributed by atoms with Crippen LogP contribution in [0.3, 0.4) is 0 Å². The van der Waals surface area contributed by atoms with E-state index in [1.807, 2.05) is 54.1 Å². The van der Waals surface area contributed by atoms with Crippen LogP contribution in [0.5, 0.6) is 0 Å². The Bertz CT molecular complexity index is 850. The molecule has 1 heterocycles. The molecule has 3 aromatic rings. The molecular weight excluding hydrogens is 340 g/mol. The van der Waals surface area contributed by atoms with Crippen LogP contribution in [0, 0.1) is 0 Å². The topological polar surface area (TPSA) is 28.7 Å². The average molecular weight is 377 g/mol. The fourth-order valence-electron chi connectivity index (χ4n) is 4.96. The molecule has 0 bridgehead atoms. The molecule has 28 heavy (non-hydrogen) atoms. The number of aromatic amines is 1. The third-order valence-corrected chi connectivity index (χ3v) is 5.91. The van der Waals surface area contributed by atoms with Gasteiger partial charge >= 0.3 is 0 Å². The lowest BCUT2D eigenvalue weighted by Crippen LogP contribution is -2.32. The molecule has 0 amide bonds. The standard InChI is InChI=1S/C20H18N2.3C2H6/c1-13-15-7-4-5-9-17(15)19-16-8-3-2-6-14(16)10-20(13,19)18-11-21-12-22-18;3*1-2/h2-9,11-13,19H,10H2,1H3,(H,21,22);3*1-2H3. The van der Waals surface area contributed by atoms with E-state index in [1.165, 1.54) is 27.9 Å². The third-order valence-electron chi connectivity index (χ3n) is 5.91. The van der Waals surface area contributed by atoms with Gasteiger partial charge in [-0.15, -0.1) is 0 Å². The summed E-state index contributed by atoms with van der Waals surface area (Å²) in [4.78, 5) is 7.76. The molecule has 0 fully saturated rings. The molecule has 1 aromatic heterocycles. The number of nitrogens with zero attached hydrogens (tertiary/aromatic N) is 1. The first-order chi connectivity index (χ1) is 13.8. The Morgan fingerprint density at radius 3 is 2.00 bits per heavy atom. The molecule has 2 aromatic carbocycles. The summed E-state index contributed by atoms with van der Waals surface area (Å²) in [6.45, 7) is 14.4. The van der Waals surface area contributed by atoms with Gasteiger partial charge in [0, 0.05) is 23.2 Å². The Hall–Kier alpha value is -2.35. The molecule has 3 unspecified atom stereocenters. The highest BCUT2D eigenvalue weighted by molar-refractivity contribution is 5.59. The molecule has 2 nitrogen and oxygen atoms in total. The zero-order valence-electron chi connectivity index (χ0n) is 18.6. The highest BCUT2D eigenvalue weighted by Gasteiger charge is 2.57. The summed E-state index contributed by atoms with van der Waals surface area (Å²) < 4.78 is 0. The minimum atomic E-state index is 0.0872. The number of aromatic nitrogens is 2. The number of rotatable bonds is 1. The van der Waals surface area contributed by atoms with Crippen molar-refractivity contribution in [1.82, 2.24) is 9.97 Å². The Morgan fingerprint density at radius 2 is 1.39 bits per heavy atom. The van der Waals surface area contributed by atoms with Gasteiger partial charge in [-0.2, -0.15) is 0 Å². The van der Waals surface area contributed by atoms with Gasteiger partial charge in [-0.25, -0.2) is 4.98 Å². The maximum atomic E-state index is 4.33. The predicted octanol–water partition coefficient (Wildman–Crippen LogP) is 7.23. The van der Waals surface area contributed by atoms with Crippen molar-refractivity contribution in [3.63, 3.8) is 0 Å². The molecule has 0 saturated carbocycles. The molecule has 2 aliphatic rings. The van der Waals surface area contributed by atoms with Crippen molar-refractivity contribution in [2.45, 2.75) is 72.1 Å². The number of hydrogen-bond acceptors (Lipinski definition) is 1. The highest BCUT2D eigenvalue weighted by Crippen LogP contribution is 2.63. The number of hydrogen-bond donors (Lipinski definition) is 1. The summed E-state index contributed by atoms with van der Waals surface area (Å²) in [5, 5.41) is 0. The van der Waals surface area contributed by atoms with E-state index in [0.29, 0.717) is 11.8 Å². The fraction of sp³-hybridized carbons (Fsp3) is 0.423. The summed E-state index contributed by atoms with van der Waals surface area (Å²) in [5.41, 5.74) is 7.34. The summed E-state index contributed by atoms with van der Waals surface area (Å²) >= 11 is 0. The minimum Gasteiger partial charge on any atom is -0.348 e. The second-order valence-corrected chi connectivity index (χ2v) is 6.66. The SMILES string of the molecule is CC.CC.CC.CC1c2ccccc2C2c3ccccc3CC12c1cnc[nH]1. The number of nitrogens with one attached hydrogen (secondary N) is 1. The van der Waals surface area contributed by atoms with Crippen molar-refractivity contribution in [2.24, 2.45) is 0 Å². The first kappa shape index (κ1) is 21.9. The van der Waals surface area contributed by atoms with Crippen LogP contribution in [0.2, 0.25) is 0 Å². The molecule has 5 rings (SSSR count). The van der Waals surface area contributed by atoms with E-state index in [2.05, 4.69) is 65.4 Å². The van der Waals surface area contributed by atoms with Gasteiger partial charge in [-0.05, 0) is 34.6 Å². The minimum absolute atomic E-state index is 0.0872. The molecule has 0 spiro atoms. The number of H-pyrrole nitrogens is 1. The van der Waals surface area contributed by atoms with Gasteiger partial charge in [0.05, 0.1) is 6.33 Å². The normalized spacial score (nSPS) is 22.8. The smallest absolute Gasteiger partial charge is 0.0921 e. The Balaban J connectivity index is 0.000000430. The van der Waals surface area contributed by atoms with Crippen LogP contribution >= 0.6 is 0 Å². The number of fused-ring (bicyclic) bond motifs is 5. The van der Waals surface area contributed by atoms with Crippen LogP contribution in [0.15, 0.2) is 61.1 Å². The van der Waals surface area contributed by atoms with Crippen LogP contribution in [0.25, 0.3) is 0 Å². The zero-order chi connectivity index (χ0) is 20.7. The molecular formula is C26H36N2. The van der Waals surface area contributed by atoms with Gasteiger partial charge in [0.15, 0.2) is 0 Å². The van der Waals surface area contributed by atoms with Crippen molar-refractivity contribution in [3.05, 3.63) is 89.0 Å². The van der Waals surface area contributed by atoms with Crippen molar-refractivity contribution >= 4 is 0 Å². The molecule has 3 atom stereocenters. The molecule has 0 aliphatic heterocycles. The number of benzene rings is 2. The van der Waals surface area contributed by atoms with Gasteiger partial charge in [-0.3, -0.25) is 0 Å². The van der Waals surface area contributed by atoms with E-state index >= 15 is 0 Å². The summed E-state index contributed by atoms with van der Waals surface area (Å²) in [6.07, 6.45) is 4.94. The van der Waals surface area contributed by atoms with Gasteiger partial charge < -0.3 is 4.98 Å². The van der Waals surface area contributed by atoms with E-state index in [1.54, 1.807) is 0 Å². The van der Waals surface area contributed by atoms with Crippen molar-refractivity contribution in [1.29, 1.82) is 0 Å². The van der Waals surface area contributed by atoms with Crippen molar-refractivity contribution in [3.8, 4) is 0 Å². The lowest BCUT2D eigenvalue weighted by Gasteiger charge is -2.33. The Labute approximate surface area is 171 Å².